The first kappa shape index (κ1) is 21.7. The molecule has 2 aromatic carbocycles. The summed E-state index contributed by atoms with van der Waals surface area (Å²) in [5.41, 5.74) is 11.9. The van der Waals surface area contributed by atoms with Crippen molar-refractivity contribution in [1.29, 1.82) is 0 Å². The summed E-state index contributed by atoms with van der Waals surface area (Å²) in [4.78, 5) is 6.87. The fourth-order valence-electron chi connectivity index (χ4n) is 3.18. The highest BCUT2D eigenvalue weighted by atomic mass is 127. The molecule has 1 aliphatic heterocycles. The minimum absolute atomic E-state index is 0. The van der Waals surface area contributed by atoms with Crippen LogP contribution < -0.4 is 11.1 Å². The maximum Gasteiger partial charge on any atom is 0.193 e. The van der Waals surface area contributed by atoms with Crippen LogP contribution in [0.3, 0.4) is 0 Å². The smallest absolute Gasteiger partial charge is 0.193 e. The lowest BCUT2D eigenvalue weighted by Gasteiger charge is -2.26. The van der Waals surface area contributed by atoms with Crippen LogP contribution in [0, 0.1) is 13.8 Å². The van der Waals surface area contributed by atoms with Gasteiger partial charge in [0.25, 0.3) is 0 Å². The van der Waals surface area contributed by atoms with Crippen molar-refractivity contribution in [2.75, 3.05) is 31.6 Å². The van der Waals surface area contributed by atoms with Crippen LogP contribution in [0.2, 0.25) is 0 Å². The molecule has 1 fully saturated rings. The van der Waals surface area contributed by atoms with E-state index in [1.54, 1.807) is 0 Å². The largest absolute Gasteiger partial charge is 0.379 e. The zero-order chi connectivity index (χ0) is 18.4. The quantitative estimate of drug-likeness (QED) is 0.390. The zero-order valence-electron chi connectivity index (χ0n) is 16.1. The van der Waals surface area contributed by atoms with Gasteiger partial charge in [0.1, 0.15) is 0 Å². The van der Waals surface area contributed by atoms with Gasteiger partial charge in [0.05, 0.1) is 19.8 Å². The summed E-state index contributed by atoms with van der Waals surface area (Å²) >= 11 is 0. The highest BCUT2D eigenvalue weighted by Crippen LogP contribution is 2.14. The number of halogens is 1. The summed E-state index contributed by atoms with van der Waals surface area (Å²) in [6, 6.07) is 14.9. The van der Waals surface area contributed by atoms with Crippen molar-refractivity contribution in [2.24, 2.45) is 10.7 Å². The Bertz CT molecular complexity index is 735. The molecule has 0 amide bonds. The highest BCUT2D eigenvalue weighted by Gasteiger charge is 2.10. The Morgan fingerprint density at radius 3 is 2.26 bits per heavy atom. The van der Waals surface area contributed by atoms with Crippen LogP contribution in [-0.2, 0) is 17.8 Å². The van der Waals surface area contributed by atoms with E-state index < -0.39 is 0 Å². The third kappa shape index (κ3) is 7.12. The Hall–Kier alpha value is -1.64. The molecule has 6 heteroatoms. The first-order valence-corrected chi connectivity index (χ1v) is 9.12. The second kappa shape index (κ2) is 10.6. The number of hydrogen-bond donors (Lipinski definition) is 2. The first-order valence-electron chi connectivity index (χ1n) is 9.12. The van der Waals surface area contributed by atoms with Crippen molar-refractivity contribution in [3.05, 3.63) is 64.7 Å². The van der Waals surface area contributed by atoms with Gasteiger partial charge in [0.2, 0.25) is 0 Å². The van der Waals surface area contributed by atoms with Gasteiger partial charge in [0, 0.05) is 25.3 Å². The van der Waals surface area contributed by atoms with Crippen LogP contribution in [0.5, 0.6) is 0 Å². The Kier molecular flexibility index (Phi) is 8.53. The van der Waals surface area contributed by atoms with E-state index in [1.807, 2.05) is 0 Å². The lowest BCUT2D eigenvalue weighted by Crippen LogP contribution is -2.35. The van der Waals surface area contributed by atoms with Crippen molar-refractivity contribution in [3.63, 3.8) is 0 Å². The molecular formula is C21H29IN4O. The molecule has 0 bridgehead atoms. The molecule has 27 heavy (non-hydrogen) atoms. The third-order valence-electron chi connectivity index (χ3n) is 4.46. The van der Waals surface area contributed by atoms with Crippen LogP contribution in [-0.4, -0.2) is 37.2 Å². The molecule has 5 nitrogen and oxygen atoms in total. The van der Waals surface area contributed by atoms with Crippen molar-refractivity contribution in [2.45, 2.75) is 26.9 Å². The molecule has 0 radical (unpaired) electrons. The van der Waals surface area contributed by atoms with Gasteiger partial charge in [-0.3, -0.25) is 4.90 Å². The summed E-state index contributed by atoms with van der Waals surface area (Å²) < 4.78 is 5.39. The first-order chi connectivity index (χ1) is 12.6. The van der Waals surface area contributed by atoms with Crippen molar-refractivity contribution in [3.8, 4) is 0 Å². The number of anilines is 1. The number of morpholine rings is 1. The van der Waals surface area contributed by atoms with E-state index in [0.717, 1.165) is 44.1 Å². The van der Waals surface area contributed by atoms with Gasteiger partial charge in [-0.25, -0.2) is 4.99 Å². The number of aliphatic imine (C=N–C) groups is 1. The maximum atomic E-state index is 6.03. The molecule has 0 aromatic heterocycles. The monoisotopic (exact) mass is 480 g/mol. The number of nitrogens with two attached hydrogens (primary N) is 1. The number of guanidine groups is 1. The van der Waals surface area contributed by atoms with E-state index in [4.69, 9.17) is 10.5 Å². The average Bonchev–Trinajstić information content (AvgIpc) is 2.61. The fraction of sp³-hybridized carbons (Fsp3) is 0.381. The Balaban J connectivity index is 0.00000261. The van der Waals surface area contributed by atoms with E-state index in [9.17, 15) is 0 Å². The van der Waals surface area contributed by atoms with Gasteiger partial charge < -0.3 is 15.8 Å². The molecule has 1 heterocycles. The Morgan fingerprint density at radius 2 is 1.63 bits per heavy atom. The summed E-state index contributed by atoms with van der Waals surface area (Å²) in [5.74, 6) is 0.437. The number of nitrogens with one attached hydrogen (secondary N) is 1. The lowest BCUT2D eigenvalue weighted by atomic mass is 10.1. The highest BCUT2D eigenvalue weighted by molar-refractivity contribution is 14.0. The molecular weight excluding hydrogens is 451 g/mol. The van der Waals surface area contributed by atoms with Crippen LogP contribution in [0.25, 0.3) is 0 Å². The van der Waals surface area contributed by atoms with Crippen LogP contribution >= 0.6 is 24.0 Å². The van der Waals surface area contributed by atoms with Gasteiger partial charge in [-0.05, 0) is 48.2 Å². The van der Waals surface area contributed by atoms with Crippen molar-refractivity contribution >= 4 is 35.6 Å². The summed E-state index contributed by atoms with van der Waals surface area (Å²) in [5, 5.41) is 3.17. The standard InChI is InChI=1S/C21H28N4O.HI/c1-16-11-17(2)13-20(12-16)24-21(22)23-14-18-3-5-19(6-4-18)15-25-7-9-26-10-8-25;/h3-6,11-13H,7-10,14-15H2,1-2H3,(H3,22,23,24);1H. The van der Waals surface area contributed by atoms with E-state index in [0.29, 0.717) is 12.5 Å². The number of ether oxygens (including phenoxy) is 1. The average molecular weight is 480 g/mol. The molecule has 1 aliphatic rings. The van der Waals surface area contributed by atoms with Gasteiger partial charge in [-0.15, -0.1) is 24.0 Å². The Labute approximate surface area is 179 Å². The van der Waals surface area contributed by atoms with Gasteiger partial charge in [0.15, 0.2) is 5.96 Å². The second-order valence-corrected chi connectivity index (χ2v) is 6.91. The van der Waals surface area contributed by atoms with Crippen LogP contribution in [0.15, 0.2) is 47.5 Å². The topological polar surface area (TPSA) is 62.9 Å². The molecule has 3 N–H and O–H groups in total. The predicted molar refractivity (Wildman–Crippen MR) is 123 cm³/mol. The normalized spacial score (nSPS) is 15.3. The molecule has 146 valence electrons. The SMILES string of the molecule is Cc1cc(C)cc(NC(N)=NCc2ccc(CN3CCOCC3)cc2)c1.I. The van der Waals surface area contributed by atoms with Crippen molar-refractivity contribution < 1.29 is 4.74 Å². The number of aryl methyl sites for hydroxylation is 2. The molecule has 0 atom stereocenters. The number of nitrogens with zero attached hydrogens (tertiary/aromatic N) is 2. The summed E-state index contributed by atoms with van der Waals surface area (Å²) in [7, 11) is 0. The molecule has 0 aliphatic carbocycles. The van der Waals surface area contributed by atoms with Gasteiger partial charge in [-0.2, -0.15) is 0 Å². The molecule has 2 aromatic rings. The molecule has 1 saturated heterocycles. The molecule has 0 spiro atoms. The van der Waals surface area contributed by atoms with E-state index >= 15 is 0 Å². The van der Waals surface area contributed by atoms with Gasteiger partial charge in [-0.1, -0.05) is 30.3 Å². The van der Waals surface area contributed by atoms with Gasteiger partial charge >= 0.3 is 0 Å². The minimum Gasteiger partial charge on any atom is -0.379 e. The summed E-state index contributed by atoms with van der Waals surface area (Å²) in [6.45, 7) is 9.37. The third-order valence-corrected chi connectivity index (χ3v) is 4.46. The van der Waals surface area contributed by atoms with Crippen molar-refractivity contribution in [1.82, 2.24) is 4.90 Å². The van der Waals surface area contributed by atoms with Crippen LogP contribution in [0.1, 0.15) is 22.3 Å². The lowest BCUT2D eigenvalue weighted by molar-refractivity contribution is 0.0342. The van der Waals surface area contributed by atoms with Crippen LogP contribution in [0.4, 0.5) is 5.69 Å². The fourth-order valence-corrected chi connectivity index (χ4v) is 3.18. The Morgan fingerprint density at radius 1 is 1.04 bits per heavy atom. The second-order valence-electron chi connectivity index (χ2n) is 6.91. The number of benzene rings is 2. The molecule has 0 saturated carbocycles. The maximum absolute atomic E-state index is 6.03. The predicted octanol–water partition coefficient (Wildman–Crippen LogP) is 3.68. The van der Waals surface area contributed by atoms with E-state index in [-0.39, 0.29) is 24.0 Å². The zero-order valence-corrected chi connectivity index (χ0v) is 18.4. The number of rotatable bonds is 5. The molecule has 0 unspecified atom stereocenters. The minimum atomic E-state index is 0. The van der Waals surface area contributed by atoms with E-state index in [1.165, 1.54) is 16.7 Å². The number of hydrogen-bond acceptors (Lipinski definition) is 3. The summed E-state index contributed by atoms with van der Waals surface area (Å²) in [6.07, 6.45) is 0. The molecule has 3 rings (SSSR count). The van der Waals surface area contributed by atoms with E-state index in [2.05, 4.69) is 71.5 Å².